The van der Waals surface area contributed by atoms with E-state index >= 15 is 0 Å². The van der Waals surface area contributed by atoms with Crippen LogP contribution in [0.25, 0.3) is 0 Å². The van der Waals surface area contributed by atoms with E-state index in [-0.39, 0.29) is 23.7 Å². The number of nitrogens with one attached hydrogen (secondary N) is 1. The Labute approximate surface area is 221 Å². The Bertz CT molecular complexity index is 1260. The molecule has 2 bridgehead atoms. The molecule has 1 N–H and O–H groups in total. The Kier molecular flexibility index (Phi) is 7.40. The van der Waals surface area contributed by atoms with Crippen LogP contribution in [0.4, 0.5) is 0 Å². The fourth-order valence-corrected chi connectivity index (χ4v) is 5.68. The fourth-order valence-electron chi connectivity index (χ4n) is 5.55. The zero-order valence-corrected chi connectivity index (χ0v) is 21.3. The van der Waals surface area contributed by atoms with E-state index in [1.54, 1.807) is 48.5 Å². The summed E-state index contributed by atoms with van der Waals surface area (Å²) in [6.45, 7) is 2.82. The van der Waals surface area contributed by atoms with Gasteiger partial charge in [0.25, 0.3) is 5.91 Å². The summed E-state index contributed by atoms with van der Waals surface area (Å²) in [5, 5.41) is 3.39. The van der Waals surface area contributed by atoms with Crippen LogP contribution in [-0.4, -0.2) is 54.4 Å². The molecule has 190 valence electrons. The van der Waals surface area contributed by atoms with E-state index in [0.29, 0.717) is 39.3 Å². The maximum Gasteiger partial charge on any atom is 0.333 e. The lowest BCUT2D eigenvalue weighted by molar-refractivity contribution is -0.938. The Morgan fingerprint density at radius 3 is 2.08 bits per heavy atom. The summed E-state index contributed by atoms with van der Waals surface area (Å²) >= 11 is 6.06. The van der Waals surface area contributed by atoms with Crippen molar-refractivity contribution in [3.63, 3.8) is 0 Å². The number of hydrogen-bond acceptors (Lipinski definition) is 4. The first-order chi connectivity index (χ1) is 17.9. The van der Waals surface area contributed by atoms with Gasteiger partial charge in [0.05, 0.1) is 13.1 Å². The predicted molar refractivity (Wildman–Crippen MR) is 141 cm³/mol. The minimum atomic E-state index is -0.972. The van der Waals surface area contributed by atoms with Crippen LogP contribution in [0.1, 0.15) is 45.2 Å². The van der Waals surface area contributed by atoms with Crippen molar-refractivity contribution in [3.05, 3.63) is 107 Å². The second-order valence-electron chi connectivity index (χ2n) is 10.1. The highest BCUT2D eigenvalue weighted by Gasteiger charge is 2.49. The number of benzene rings is 3. The van der Waals surface area contributed by atoms with Gasteiger partial charge in [-0.25, -0.2) is 4.79 Å². The minimum Gasteiger partial charge on any atom is -0.454 e. The van der Waals surface area contributed by atoms with Gasteiger partial charge in [0.2, 0.25) is 5.78 Å². The molecule has 2 atom stereocenters. The standard InChI is InChI=1S/C30H29ClN2O4/c31-25-13-11-23(12-14-25)28(32-29(35)24-9-5-2-6-10-24)30(36)37-27-20-33(17-15-22(27)16-18-33)19-26(34)21-7-3-1-4-8-21/h1-14,22,27-28H,15-20H2/p+1/t22?,27-,28?,33?/m0/s1. The molecule has 37 heavy (non-hydrogen) atoms. The molecule has 6 rings (SSSR count). The molecule has 7 heteroatoms. The van der Waals surface area contributed by atoms with Crippen molar-refractivity contribution in [1.82, 2.24) is 5.32 Å². The van der Waals surface area contributed by atoms with Crippen LogP contribution in [-0.2, 0) is 9.53 Å². The zero-order chi connectivity index (χ0) is 25.8. The highest BCUT2D eigenvalue weighted by molar-refractivity contribution is 6.30. The predicted octanol–water partition coefficient (Wildman–Crippen LogP) is 4.85. The Balaban J connectivity index is 1.32. The van der Waals surface area contributed by atoms with Gasteiger partial charge in [-0.05, 0) is 29.8 Å². The molecule has 0 spiro atoms. The van der Waals surface area contributed by atoms with E-state index in [9.17, 15) is 14.4 Å². The number of halogens is 1. The molecular weight excluding hydrogens is 488 g/mol. The number of ketones is 1. The molecule has 0 radical (unpaired) electrons. The molecule has 3 aromatic carbocycles. The highest BCUT2D eigenvalue weighted by atomic mass is 35.5. The van der Waals surface area contributed by atoms with Crippen molar-refractivity contribution in [2.75, 3.05) is 26.2 Å². The first kappa shape index (κ1) is 25.2. The molecule has 3 aliphatic heterocycles. The largest absolute Gasteiger partial charge is 0.454 e. The third-order valence-corrected chi connectivity index (χ3v) is 7.89. The molecule has 3 heterocycles. The van der Waals surface area contributed by atoms with Crippen molar-refractivity contribution in [1.29, 1.82) is 0 Å². The number of piperidine rings is 3. The second-order valence-corrected chi connectivity index (χ2v) is 10.5. The summed E-state index contributed by atoms with van der Waals surface area (Å²) in [4.78, 5) is 39.5. The third kappa shape index (κ3) is 5.76. The maximum atomic E-state index is 13.5. The summed E-state index contributed by atoms with van der Waals surface area (Å²) in [6, 6.07) is 24.0. The Morgan fingerprint density at radius 1 is 0.865 bits per heavy atom. The van der Waals surface area contributed by atoms with E-state index in [0.717, 1.165) is 25.9 Å². The Hall–Kier alpha value is -3.48. The lowest BCUT2D eigenvalue weighted by Crippen LogP contribution is -2.66. The van der Waals surface area contributed by atoms with Gasteiger partial charge >= 0.3 is 5.97 Å². The van der Waals surface area contributed by atoms with Gasteiger partial charge in [-0.2, -0.15) is 0 Å². The van der Waals surface area contributed by atoms with E-state index in [1.807, 2.05) is 36.4 Å². The average molecular weight is 518 g/mol. The summed E-state index contributed by atoms with van der Waals surface area (Å²) in [7, 11) is 0. The maximum absolute atomic E-state index is 13.5. The number of hydrogen-bond donors (Lipinski definition) is 1. The molecule has 3 fully saturated rings. The first-order valence-electron chi connectivity index (χ1n) is 12.7. The summed E-state index contributed by atoms with van der Waals surface area (Å²) in [5.41, 5.74) is 1.77. The molecule has 0 saturated carbocycles. The number of esters is 1. The van der Waals surface area contributed by atoms with Gasteiger partial charge in [0.15, 0.2) is 12.1 Å². The molecule has 1 amide bonds. The van der Waals surface area contributed by atoms with E-state index in [1.165, 1.54) is 0 Å². The van der Waals surface area contributed by atoms with Crippen molar-refractivity contribution in [3.8, 4) is 0 Å². The number of quaternary nitrogens is 1. The van der Waals surface area contributed by atoms with Crippen LogP contribution in [0.15, 0.2) is 84.9 Å². The lowest BCUT2D eigenvalue weighted by atomic mass is 9.82. The highest BCUT2D eigenvalue weighted by Crippen LogP contribution is 2.36. The summed E-state index contributed by atoms with van der Waals surface area (Å²) in [6.07, 6.45) is 1.51. The number of carbonyl (C=O) groups is 3. The normalized spacial score (nSPS) is 23.2. The van der Waals surface area contributed by atoms with Crippen LogP contribution in [0.3, 0.4) is 0 Å². The van der Waals surface area contributed by atoms with E-state index < -0.39 is 12.0 Å². The number of nitrogens with zero attached hydrogens (tertiary/aromatic N) is 1. The van der Waals surface area contributed by atoms with Crippen LogP contribution in [0.2, 0.25) is 5.02 Å². The quantitative estimate of drug-likeness (QED) is 0.263. The van der Waals surface area contributed by atoms with Crippen molar-refractivity contribution in [2.45, 2.75) is 25.0 Å². The first-order valence-corrected chi connectivity index (χ1v) is 13.1. The number of carbonyl (C=O) groups excluding carboxylic acids is 3. The monoisotopic (exact) mass is 517 g/mol. The van der Waals surface area contributed by atoms with Crippen LogP contribution < -0.4 is 5.32 Å². The van der Waals surface area contributed by atoms with Gasteiger partial charge in [-0.3, -0.25) is 9.59 Å². The smallest absolute Gasteiger partial charge is 0.333 e. The van der Waals surface area contributed by atoms with Crippen molar-refractivity contribution in [2.24, 2.45) is 5.92 Å². The van der Waals surface area contributed by atoms with E-state index in [2.05, 4.69) is 5.32 Å². The van der Waals surface area contributed by atoms with Crippen LogP contribution in [0.5, 0.6) is 0 Å². The number of Topliss-reactive ketones (excluding diaryl/α,β-unsaturated/α-hetero) is 1. The fraction of sp³-hybridized carbons (Fsp3) is 0.300. The van der Waals surface area contributed by atoms with Gasteiger partial charge in [-0.1, -0.05) is 72.3 Å². The average Bonchev–Trinajstić information content (AvgIpc) is 2.93. The van der Waals surface area contributed by atoms with Gasteiger partial charge < -0.3 is 14.5 Å². The molecule has 6 nitrogen and oxygen atoms in total. The molecule has 3 aromatic rings. The van der Waals surface area contributed by atoms with Crippen LogP contribution >= 0.6 is 11.6 Å². The van der Waals surface area contributed by atoms with Crippen LogP contribution in [0, 0.1) is 5.92 Å². The molecule has 3 saturated heterocycles. The molecule has 1 unspecified atom stereocenters. The summed E-state index contributed by atoms with van der Waals surface area (Å²) < 4.78 is 6.74. The van der Waals surface area contributed by atoms with E-state index in [4.69, 9.17) is 16.3 Å². The second kappa shape index (κ2) is 10.9. The third-order valence-electron chi connectivity index (χ3n) is 7.63. The molecular formula is C30H30ClN2O4+. The molecule has 3 aliphatic rings. The van der Waals surface area contributed by atoms with Gasteiger partial charge in [-0.15, -0.1) is 0 Å². The van der Waals surface area contributed by atoms with Crippen molar-refractivity contribution < 1.29 is 23.6 Å². The molecule has 0 aromatic heterocycles. The minimum absolute atomic E-state index is 0.111. The zero-order valence-electron chi connectivity index (χ0n) is 20.5. The van der Waals surface area contributed by atoms with Gasteiger partial charge in [0.1, 0.15) is 13.1 Å². The topological polar surface area (TPSA) is 72.5 Å². The number of fused-ring (bicyclic) bond motifs is 3. The Morgan fingerprint density at radius 2 is 1.46 bits per heavy atom. The SMILES string of the molecule is O=C(C[N+]12CCC(CC1)[C@@H](OC(=O)C(NC(=O)c1ccccc1)c1ccc(Cl)cc1)C2)c1ccccc1. The number of amides is 1. The molecule has 0 aliphatic carbocycles. The van der Waals surface area contributed by atoms with Gasteiger partial charge in [0, 0.05) is 34.9 Å². The summed E-state index contributed by atoms with van der Waals surface area (Å²) in [5.74, 6) is -0.493. The number of rotatable bonds is 8. The lowest BCUT2D eigenvalue weighted by Gasteiger charge is -2.51. The number of ether oxygens (including phenoxy) is 1. The van der Waals surface area contributed by atoms with Crippen molar-refractivity contribution >= 4 is 29.3 Å².